The van der Waals surface area contributed by atoms with Gasteiger partial charge in [0, 0.05) is 22.7 Å². The van der Waals surface area contributed by atoms with Crippen molar-refractivity contribution in [1.82, 2.24) is 9.55 Å². The molecule has 4 rings (SSSR count). The summed E-state index contributed by atoms with van der Waals surface area (Å²) in [7, 11) is 1.40. The number of aromatic hydroxyl groups is 3. The molecule has 0 aliphatic heterocycles. The quantitative estimate of drug-likeness (QED) is 0.357. The zero-order chi connectivity index (χ0) is 22.8. The van der Waals surface area contributed by atoms with Crippen LogP contribution in [0.25, 0.3) is 16.4 Å². The summed E-state index contributed by atoms with van der Waals surface area (Å²) in [5, 5.41) is 33.6. The highest BCUT2D eigenvalue weighted by Crippen LogP contribution is 2.45. The van der Waals surface area contributed by atoms with Crippen LogP contribution < -0.4 is 9.47 Å². The first-order valence-corrected chi connectivity index (χ1v) is 10.6. The number of thiazole rings is 1. The Balaban J connectivity index is 1.94. The number of hydrogen-bond acceptors (Lipinski definition) is 8. The van der Waals surface area contributed by atoms with E-state index in [0.29, 0.717) is 28.6 Å². The molecular weight excluding hydrogens is 432 g/mol. The Hall–Kier alpha value is -3.98. The molecular formula is C23H20N2O6S. The summed E-state index contributed by atoms with van der Waals surface area (Å²) >= 11 is 1.22. The highest BCUT2D eigenvalue weighted by Gasteiger charge is 2.31. The lowest BCUT2D eigenvalue weighted by molar-refractivity contribution is 0.103. The Morgan fingerprint density at radius 2 is 1.88 bits per heavy atom. The second-order valence-electron chi connectivity index (χ2n) is 6.72. The number of aromatic nitrogens is 2. The van der Waals surface area contributed by atoms with Crippen molar-refractivity contribution in [1.29, 1.82) is 0 Å². The van der Waals surface area contributed by atoms with E-state index in [2.05, 4.69) is 4.98 Å². The van der Waals surface area contributed by atoms with Crippen LogP contribution >= 0.6 is 11.3 Å². The lowest BCUT2D eigenvalue weighted by Crippen LogP contribution is -2.05. The lowest BCUT2D eigenvalue weighted by Gasteiger charge is -2.12. The number of carbonyl (C=O) groups is 1. The van der Waals surface area contributed by atoms with E-state index in [9.17, 15) is 20.1 Å². The van der Waals surface area contributed by atoms with Crippen LogP contribution in [0, 0.1) is 0 Å². The fraction of sp³-hybridized carbons (Fsp3) is 0.130. The first-order valence-electron chi connectivity index (χ1n) is 9.67. The smallest absolute Gasteiger partial charge is 0.242 e. The Morgan fingerprint density at radius 1 is 1.12 bits per heavy atom. The van der Waals surface area contributed by atoms with Crippen LogP contribution in [0.5, 0.6) is 28.9 Å². The van der Waals surface area contributed by atoms with Crippen molar-refractivity contribution in [2.75, 3.05) is 13.7 Å². The highest BCUT2D eigenvalue weighted by molar-refractivity contribution is 7.12. The van der Waals surface area contributed by atoms with E-state index in [0.717, 1.165) is 0 Å². The van der Waals surface area contributed by atoms with Crippen molar-refractivity contribution in [2.45, 2.75) is 6.92 Å². The molecule has 0 aliphatic rings. The van der Waals surface area contributed by atoms with Crippen LogP contribution in [0.2, 0.25) is 0 Å². The molecule has 8 nitrogen and oxygen atoms in total. The first kappa shape index (κ1) is 21.3. The zero-order valence-electron chi connectivity index (χ0n) is 17.3. The minimum absolute atomic E-state index is 0.0866. The summed E-state index contributed by atoms with van der Waals surface area (Å²) in [6.07, 6.45) is 1.55. The van der Waals surface area contributed by atoms with Gasteiger partial charge in [-0.25, -0.2) is 4.98 Å². The van der Waals surface area contributed by atoms with Crippen LogP contribution in [-0.4, -0.2) is 44.4 Å². The van der Waals surface area contributed by atoms with Gasteiger partial charge in [-0.2, -0.15) is 0 Å². The molecule has 4 aromatic rings. The summed E-state index contributed by atoms with van der Waals surface area (Å²) in [5.74, 6) is -0.889. The molecule has 0 atom stereocenters. The summed E-state index contributed by atoms with van der Waals surface area (Å²) in [6, 6.07) is 11.0. The van der Waals surface area contributed by atoms with Crippen molar-refractivity contribution >= 4 is 17.1 Å². The lowest BCUT2D eigenvalue weighted by atomic mass is 9.99. The Labute approximate surface area is 187 Å². The maximum Gasteiger partial charge on any atom is 0.242 e. The normalized spacial score (nSPS) is 10.8. The highest BCUT2D eigenvalue weighted by atomic mass is 32.1. The Kier molecular flexibility index (Phi) is 5.74. The molecule has 2 aromatic carbocycles. The molecule has 0 unspecified atom stereocenters. The number of carbonyl (C=O) groups excluding carboxylic acids is 1. The number of phenols is 1. The zero-order valence-corrected chi connectivity index (χ0v) is 18.1. The average molecular weight is 452 g/mol. The van der Waals surface area contributed by atoms with E-state index in [-0.39, 0.29) is 22.8 Å². The van der Waals surface area contributed by atoms with Gasteiger partial charge in [0.1, 0.15) is 5.75 Å². The predicted octanol–water partition coefficient (Wildman–Crippen LogP) is 4.36. The van der Waals surface area contributed by atoms with Crippen molar-refractivity contribution in [3.63, 3.8) is 0 Å². The molecule has 0 saturated heterocycles. The van der Waals surface area contributed by atoms with E-state index in [1.807, 2.05) is 6.92 Å². The van der Waals surface area contributed by atoms with E-state index >= 15 is 0 Å². The predicted molar refractivity (Wildman–Crippen MR) is 119 cm³/mol. The fourth-order valence-electron chi connectivity index (χ4n) is 3.39. The number of benzene rings is 2. The molecule has 0 amide bonds. The number of nitrogens with zero attached hydrogens (tertiary/aromatic N) is 2. The second kappa shape index (κ2) is 8.64. The third-order valence-electron chi connectivity index (χ3n) is 4.84. The maximum absolute atomic E-state index is 13.5. The molecule has 32 heavy (non-hydrogen) atoms. The van der Waals surface area contributed by atoms with Crippen LogP contribution in [0.4, 0.5) is 0 Å². The SMILES string of the molecule is CCOc1ccc(C(=O)c2c(O)c(O)n(-c3nccs3)c2-c2ccc(O)c(OC)c2)cc1. The van der Waals surface area contributed by atoms with Gasteiger partial charge in [-0.05, 0) is 49.4 Å². The summed E-state index contributed by atoms with van der Waals surface area (Å²) < 4.78 is 11.9. The minimum Gasteiger partial charge on any atom is -0.504 e. The summed E-state index contributed by atoms with van der Waals surface area (Å²) in [4.78, 5) is 17.7. The topological polar surface area (TPSA) is 114 Å². The number of ketones is 1. The van der Waals surface area contributed by atoms with Crippen molar-refractivity contribution in [2.24, 2.45) is 0 Å². The van der Waals surface area contributed by atoms with Gasteiger partial charge >= 0.3 is 0 Å². The van der Waals surface area contributed by atoms with E-state index < -0.39 is 17.4 Å². The van der Waals surface area contributed by atoms with Crippen LogP contribution in [0.3, 0.4) is 0 Å². The van der Waals surface area contributed by atoms with Gasteiger partial charge in [0.2, 0.25) is 5.88 Å². The van der Waals surface area contributed by atoms with Gasteiger partial charge < -0.3 is 24.8 Å². The van der Waals surface area contributed by atoms with Gasteiger partial charge in [-0.15, -0.1) is 11.3 Å². The third-order valence-corrected chi connectivity index (χ3v) is 5.60. The molecule has 0 spiro atoms. The van der Waals surface area contributed by atoms with Gasteiger partial charge in [0.15, 0.2) is 28.2 Å². The van der Waals surface area contributed by atoms with Crippen molar-refractivity contribution in [3.05, 3.63) is 65.2 Å². The molecule has 0 bridgehead atoms. The standard InChI is InChI=1S/C23H20N2O6S/c1-3-31-15-7-4-13(5-8-15)20(27)18-19(14-6-9-16(26)17(12-14)30-2)25(22(29)21(18)28)23-24-10-11-32-23/h4-12,26,28-29H,3H2,1-2H3. The van der Waals surface area contributed by atoms with Gasteiger partial charge in [-0.3, -0.25) is 9.36 Å². The summed E-state index contributed by atoms with van der Waals surface area (Å²) in [6.45, 7) is 2.35. The fourth-order valence-corrected chi connectivity index (χ4v) is 4.04. The molecule has 9 heteroatoms. The molecule has 0 radical (unpaired) electrons. The van der Waals surface area contributed by atoms with E-state index in [1.54, 1.807) is 41.9 Å². The average Bonchev–Trinajstić information content (AvgIpc) is 3.41. The number of phenolic OH excluding ortho intramolecular Hbond substituents is 1. The Bertz CT molecular complexity index is 1260. The summed E-state index contributed by atoms with van der Waals surface area (Å²) in [5.41, 5.74) is 0.841. The second-order valence-corrected chi connectivity index (χ2v) is 7.59. The molecule has 2 aromatic heterocycles. The molecule has 0 aliphatic carbocycles. The molecule has 0 fully saturated rings. The van der Waals surface area contributed by atoms with Crippen molar-refractivity contribution < 1.29 is 29.6 Å². The minimum atomic E-state index is -0.568. The van der Waals surface area contributed by atoms with E-state index in [4.69, 9.17) is 9.47 Å². The largest absolute Gasteiger partial charge is 0.504 e. The molecule has 2 heterocycles. The molecule has 164 valence electrons. The number of hydrogen-bond donors (Lipinski definition) is 3. The van der Waals surface area contributed by atoms with Crippen LogP contribution in [0.1, 0.15) is 22.8 Å². The van der Waals surface area contributed by atoms with Crippen LogP contribution in [0.15, 0.2) is 54.0 Å². The Morgan fingerprint density at radius 3 is 2.50 bits per heavy atom. The first-order chi connectivity index (χ1) is 15.5. The number of ether oxygens (including phenoxy) is 2. The van der Waals surface area contributed by atoms with E-state index in [1.165, 1.54) is 35.1 Å². The monoisotopic (exact) mass is 452 g/mol. The van der Waals surface area contributed by atoms with Gasteiger partial charge in [-0.1, -0.05) is 0 Å². The number of methoxy groups -OCH3 is 1. The van der Waals surface area contributed by atoms with Gasteiger partial charge in [0.25, 0.3) is 0 Å². The van der Waals surface area contributed by atoms with Gasteiger partial charge in [0.05, 0.1) is 25.0 Å². The van der Waals surface area contributed by atoms with Crippen molar-refractivity contribution in [3.8, 4) is 45.3 Å². The molecule has 3 N–H and O–H groups in total. The molecule has 0 saturated carbocycles. The maximum atomic E-state index is 13.5. The van der Waals surface area contributed by atoms with Crippen LogP contribution in [-0.2, 0) is 0 Å². The number of rotatable bonds is 7. The third kappa shape index (κ3) is 3.63.